The number of piperidine rings is 1. The highest BCUT2D eigenvalue weighted by Crippen LogP contribution is 2.30. The van der Waals surface area contributed by atoms with Crippen LogP contribution in [-0.2, 0) is 0 Å². The smallest absolute Gasteiger partial charge is 0.329 e. The highest BCUT2D eigenvalue weighted by molar-refractivity contribution is 4.90. The first-order valence-corrected chi connectivity index (χ1v) is 7.83. The van der Waals surface area contributed by atoms with E-state index in [1.807, 2.05) is 6.92 Å². The first kappa shape index (κ1) is 18.7. The largest absolute Gasteiger partial charge is 0.389 e. The maximum atomic E-state index is 12.3. The molecule has 0 saturated carbocycles. The van der Waals surface area contributed by atoms with Crippen molar-refractivity contribution in [2.45, 2.75) is 50.7 Å². The third-order valence-electron chi connectivity index (χ3n) is 4.62. The molecule has 21 heavy (non-hydrogen) atoms. The zero-order valence-corrected chi connectivity index (χ0v) is 13.5. The monoisotopic (exact) mass is 309 g/mol. The van der Waals surface area contributed by atoms with Crippen LogP contribution < -0.4 is 5.73 Å². The Morgan fingerprint density at radius 3 is 2.14 bits per heavy atom. The molecular weight excluding hydrogens is 279 g/mol. The van der Waals surface area contributed by atoms with Crippen LogP contribution in [-0.4, -0.2) is 61.8 Å². The molecule has 1 saturated heterocycles. The van der Waals surface area contributed by atoms with Gasteiger partial charge >= 0.3 is 6.18 Å². The average Bonchev–Trinajstić information content (AvgIpc) is 2.37. The van der Waals surface area contributed by atoms with Crippen LogP contribution in [0.15, 0.2) is 0 Å². The number of hydrogen-bond donors (Lipinski definition) is 1. The van der Waals surface area contributed by atoms with Crippen molar-refractivity contribution in [1.82, 2.24) is 9.80 Å². The van der Waals surface area contributed by atoms with Gasteiger partial charge in [-0.15, -0.1) is 0 Å². The Morgan fingerprint density at radius 1 is 1.14 bits per heavy atom. The summed E-state index contributed by atoms with van der Waals surface area (Å²) in [5.41, 5.74) is 5.57. The van der Waals surface area contributed by atoms with Gasteiger partial charge in [0.2, 0.25) is 0 Å². The summed E-state index contributed by atoms with van der Waals surface area (Å²) in [7, 11) is 4.15. The van der Waals surface area contributed by atoms with Gasteiger partial charge in [-0.25, -0.2) is 0 Å². The number of halogens is 3. The van der Waals surface area contributed by atoms with Gasteiger partial charge in [-0.2, -0.15) is 13.2 Å². The Balaban J connectivity index is 2.45. The molecule has 126 valence electrons. The molecule has 1 heterocycles. The van der Waals surface area contributed by atoms with E-state index >= 15 is 0 Å². The minimum Gasteiger partial charge on any atom is -0.329 e. The van der Waals surface area contributed by atoms with Crippen LogP contribution in [0.5, 0.6) is 0 Å². The Morgan fingerprint density at radius 2 is 1.71 bits per heavy atom. The zero-order chi connectivity index (χ0) is 16.1. The molecule has 0 spiro atoms. The Hall–Kier alpha value is -0.330. The Labute approximate surface area is 126 Å². The van der Waals surface area contributed by atoms with Gasteiger partial charge in [-0.05, 0) is 65.7 Å². The summed E-state index contributed by atoms with van der Waals surface area (Å²) in [6, 6.07) is 0. The van der Waals surface area contributed by atoms with Gasteiger partial charge in [-0.1, -0.05) is 0 Å². The van der Waals surface area contributed by atoms with Gasteiger partial charge < -0.3 is 10.6 Å². The van der Waals surface area contributed by atoms with Crippen LogP contribution in [0.2, 0.25) is 0 Å². The van der Waals surface area contributed by atoms with Crippen molar-refractivity contribution < 1.29 is 13.2 Å². The molecule has 1 unspecified atom stereocenters. The van der Waals surface area contributed by atoms with Crippen molar-refractivity contribution in [2.24, 2.45) is 11.7 Å². The van der Waals surface area contributed by atoms with Gasteiger partial charge in [0.1, 0.15) is 0 Å². The van der Waals surface area contributed by atoms with Gasteiger partial charge in [0.05, 0.1) is 0 Å². The van der Waals surface area contributed by atoms with Crippen molar-refractivity contribution in [3.8, 4) is 0 Å². The summed E-state index contributed by atoms with van der Waals surface area (Å²) in [4.78, 5) is 4.50. The molecule has 0 aromatic heterocycles. The number of likely N-dealkylation sites (tertiary alicyclic amines) is 1. The fraction of sp³-hybridized carbons (Fsp3) is 1.00. The van der Waals surface area contributed by atoms with Gasteiger partial charge in [0.25, 0.3) is 0 Å². The minimum atomic E-state index is -4.06. The highest BCUT2D eigenvalue weighted by atomic mass is 19.4. The van der Waals surface area contributed by atoms with E-state index in [9.17, 15) is 13.2 Å². The predicted molar refractivity (Wildman–Crippen MR) is 80.2 cm³/mol. The number of nitrogens with zero attached hydrogens (tertiary/aromatic N) is 2. The summed E-state index contributed by atoms with van der Waals surface area (Å²) in [6.07, 6.45) is -1.88. The van der Waals surface area contributed by atoms with Crippen LogP contribution in [0.3, 0.4) is 0 Å². The molecular formula is C15H30F3N3. The topological polar surface area (TPSA) is 32.5 Å². The van der Waals surface area contributed by atoms with Crippen molar-refractivity contribution in [3.63, 3.8) is 0 Å². The van der Waals surface area contributed by atoms with Crippen molar-refractivity contribution in [1.29, 1.82) is 0 Å². The van der Waals surface area contributed by atoms with Gasteiger partial charge in [0, 0.05) is 25.0 Å². The Bertz CT molecular complexity index is 299. The van der Waals surface area contributed by atoms with E-state index in [0.29, 0.717) is 18.9 Å². The molecule has 0 bridgehead atoms. The van der Waals surface area contributed by atoms with Gasteiger partial charge in [-0.3, -0.25) is 4.90 Å². The molecule has 0 radical (unpaired) electrons. The number of rotatable bonds is 7. The van der Waals surface area contributed by atoms with E-state index in [2.05, 4.69) is 23.9 Å². The van der Waals surface area contributed by atoms with E-state index in [4.69, 9.17) is 5.73 Å². The van der Waals surface area contributed by atoms with Crippen molar-refractivity contribution in [3.05, 3.63) is 0 Å². The molecule has 2 N–H and O–H groups in total. The number of hydrogen-bond acceptors (Lipinski definition) is 3. The number of nitrogens with two attached hydrogens (primary N) is 1. The van der Waals surface area contributed by atoms with Crippen LogP contribution in [0.1, 0.15) is 39.0 Å². The molecule has 6 heteroatoms. The highest BCUT2D eigenvalue weighted by Gasteiger charge is 2.35. The quantitative estimate of drug-likeness (QED) is 0.785. The zero-order valence-electron chi connectivity index (χ0n) is 13.5. The lowest BCUT2D eigenvalue weighted by Gasteiger charge is -2.45. The van der Waals surface area contributed by atoms with E-state index in [0.717, 1.165) is 32.5 Å². The average molecular weight is 309 g/mol. The standard InChI is InChI=1S/C15H30F3N3/c1-14(12-19,7-4-8-15(16,17)18)21-9-5-13(6-10-21)11-20(2)3/h13H,4-12,19H2,1-3H3. The molecule has 3 nitrogen and oxygen atoms in total. The van der Waals surface area contributed by atoms with Crippen LogP contribution in [0.25, 0.3) is 0 Å². The van der Waals surface area contributed by atoms with E-state index < -0.39 is 12.6 Å². The molecule has 1 aliphatic rings. The lowest BCUT2D eigenvalue weighted by Crippen LogP contribution is -2.54. The molecule has 0 aromatic rings. The summed E-state index contributed by atoms with van der Waals surface area (Å²) in [6.45, 7) is 5.40. The van der Waals surface area contributed by atoms with Crippen LogP contribution in [0.4, 0.5) is 13.2 Å². The van der Waals surface area contributed by atoms with Crippen molar-refractivity contribution in [2.75, 3.05) is 40.3 Å². The van der Waals surface area contributed by atoms with Gasteiger partial charge in [0.15, 0.2) is 0 Å². The molecule has 1 fully saturated rings. The molecule has 0 aliphatic carbocycles. The third-order valence-corrected chi connectivity index (χ3v) is 4.62. The molecule has 1 rings (SSSR count). The lowest BCUT2D eigenvalue weighted by atomic mass is 9.87. The SMILES string of the molecule is CN(C)CC1CCN(C(C)(CN)CCCC(F)(F)F)CC1. The first-order valence-electron chi connectivity index (χ1n) is 7.83. The summed E-state index contributed by atoms with van der Waals surface area (Å²) >= 11 is 0. The van der Waals surface area contributed by atoms with E-state index in [1.54, 1.807) is 0 Å². The fourth-order valence-electron chi connectivity index (χ4n) is 3.23. The second-order valence-electron chi connectivity index (χ2n) is 6.86. The Kier molecular flexibility index (Phi) is 6.94. The molecule has 1 atom stereocenters. The van der Waals surface area contributed by atoms with Crippen LogP contribution >= 0.6 is 0 Å². The lowest BCUT2D eigenvalue weighted by molar-refractivity contribution is -0.137. The first-order chi connectivity index (χ1) is 9.66. The van der Waals surface area contributed by atoms with E-state index in [1.165, 1.54) is 0 Å². The maximum Gasteiger partial charge on any atom is 0.389 e. The van der Waals surface area contributed by atoms with E-state index in [-0.39, 0.29) is 12.0 Å². The molecule has 1 aliphatic heterocycles. The number of alkyl halides is 3. The summed E-state index contributed by atoms with van der Waals surface area (Å²) in [5.74, 6) is 0.688. The molecule has 0 aromatic carbocycles. The fourth-order valence-corrected chi connectivity index (χ4v) is 3.23. The predicted octanol–water partition coefficient (Wildman–Crippen LogP) is 2.71. The minimum absolute atomic E-state index is 0.162. The second kappa shape index (κ2) is 7.79. The third kappa shape index (κ3) is 6.53. The maximum absolute atomic E-state index is 12.3. The summed E-state index contributed by atoms with van der Waals surface area (Å²) in [5, 5.41) is 0. The second-order valence-corrected chi connectivity index (χ2v) is 6.86. The molecule has 0 amide bonds. The summed E-state index contributed by atoms with van der Waals surface area (Å²) < 4.78 is 36.9. The van der Waals surface area contributed by atoms with Crippen molar-refractivity contribution >= 4 is 0 Å². The van der Waals surface area contributed by atoms with Crippen LogP contribution in [0, 0.1) is 5.92 Å². The normalized spacial score (nSPS) is 21.7.